The van der Waals surface area contributed by atoms with Crippen LogP contribution in [0.1, 0.15) is 11.1 Å². The molecule has 0 fully saturated rings. The molecule has 0 aliphatic heterocycles. The minimum atomic E-state index is 0.436. The van der Waals surface area contributed by atoms with Crippen LogP contribution in [0.5, 0.6) is 0 Å². The molecule has 0 radical (unpaired) electrons. The smallest absolute Gasteiger partial charge is 0.0693 e. The summed E-state index contributed by atoms with van der Waals surface area (Å²) >= 11 is 15.7. The van der Waals surface area contributed by atoms with E-state index in [1.54, 1.807) is 0 Å². The van der Waals surface area contributed by atoms with Crippen LogP contribution in [0.2, 0.25) is 10.0 Å². The molecule has 0 aromatic heterocycles. The summed E-state index contributed by atoms with van der Waals surface area (Å²) in [6.07, 6.45) is 0. The number of halogens is 3. The molecule has 0 bridgehead atoms. The Kier molecular flexibility index (Phi) is 5.33. The minimum absolute atomic E-state index is 0.436. The lowest BCUT2D eigenvalue weighted by Crippen LogP contribution is -2.17. The van der Waals surface area contributed by atoms with Gasteiger partial charge in [0.1, 0.15) is 0 Å². The minimum Gasteiger partial charge on any atom is -0.396 e. The van der Waals surface area contributed by atoms with Gasteiger partial charge in [-0.3, -0.25) is 4.90 Å². The van der Waals surface area contributed by atoms with E-state index in [9.17, 15) is 0 Å². The maximum Gasteiger partial charge on any atom is 0.0693 e. The third-order valence-electron chi connectivity index (χ3n) is 2.99. The third kappa shape index (κ3) is 3.89. The van der Waals surface area contributed by atoms with Crippen molar-refractivity contribution < 1.29 is 0 Å². The van der Waals surface area contributed by atoms with Gasteiger partial charge in [0.2, 0.25) is 0 Å². The first-order valence-corrected chi connectivity index (χ1v) is 7.67. The molecule has 2 nitrogen and oxygen atoms in total. The summed E-state index contributed by atoms with van der Waals surface area (Å²) in [7, 11) is 2.05. The van der Waals surface area contributed by atoms with Crippen molar-refractivity contribution >= 4 is 44.8 Å². The summed E-state index contributed by atoms with van der Waals surface area (Å²) in [6.45, 7) is 1.59. The Labute approximate surface area is 137 Å². The normalized spacial score (nSPS) is 11.1. The standard InChI is InChI=1S/C15H15BrCl2N2/c1-20(9-11-4-2-3-5-12(11)16)8-10-6-13(17)15(19)14(18)7-10/h2-7H,8-9,19H2,1H3. The van der Waals surface area contributed by atoms with Crippen LogP contribution in [-0.4, -0.2) is 11.9 Å². The van der Waals surface area contributed by atoms with E-state index in [1.165, 1.54) is 5.56 Å². The lowest BCUT2D eigenvalue weighted by molar-refractivity contribution is 0.318. The van der Waals surface area contributed by atoms with Gasteiger partial charge in [0, 0.05) is 17.6 Å². The zero-order valence-electron chi connectivity index (χ0n) is 11.0. The van der Waals surface area contributed by atoms with E-state index in [0.717, 1.165) is 23.1 Å². The summed E-state index contributed by atoms with van der Waals surface area (Å²) < 4.78 is 1.11. The van der Waals surface area contributed by atoms with Gasteiger partial charge in [-0.05, 0) is 36.4 Å². The molecule has 0 amide bonds. The zero-order valence-corrected chi connectivity index (χ0v) is 14.1. The molecule has 20 heavy (non-hydrogen) atoms. The van der Waals surface area contributed by atoms with Crippen molar-refractivity contribution in [3.63, 3.8) is 0 Å². The van der Waals surface area contributed by atoms with Gasteiger partial charge < -0.3 is 5.73 Å². The van der Waals surface area contributed by atoms with Gasteiger partial charge in [0.25, 0.3) is 0 Å². The van der Waals surface area contributed by atoms with Crippen LogP contribution in [0.25, 0.3) is 0 Å². The SMILES string of the molecule is CN(Cc1cc(Cl)c(N)c(Cl)c1)Cc1ccccc1Br. The van der Waals surface area contributed by atoms with Crippen LogP contribution in [0, 0.1) is 0 Å². The highest BCUT2D eigenvalue weighted by atomic mass is 79.9. The monoisotopic (exact) mass is 372 g/mol. The second-order valence-corrected chi connectivity index (χ2v) is 6.41. The van der Waals surface area contributed by atoms with Crippen molar-refractivity contribution in [3.8, 4) is 0 Å². The first kappa shape index (κ1) is 15.6. The fourth-order valence-corrected chi connectivity index (χ4v) is 2.96. The molecule has 0 atom stereocenters. The Morgan fingerprint density at radius 2 is 1.70 bits per heavy atom. The third-order valence-corrected chi connectivity index (χ3v) is 4.39. The van der Waals surface area contributed by atoms with Crippen LogP contribution in [0.3, 0.4) is 0 Å². The summed E-state index contributed by atoms with van der Waals surface area (Å²) in [5.41, 5.74) is 8.46. The van der Waals surface area contributed by atoms with Gasteiger partial charge in [-0.1, -0.05) is 57.3 Å². The van der Waals surface area contributed by atoms with Crippen molar-refractivity contribution in [1.82, 2.24) is 4.90 Å². The van der Waals surface area contributed by atoms with E-state index in [2.05, 4.69) is 33.9 Å². The van der Waals surface area contributed by atoms with Crippen molar-refractivity contribution in [1.29, 1.82) is 0 Å². The van der Waals surface area contributed by atoms with Crippen LogP contribution in [-0.2, 0) is 13.1 Å². The quantitative estimate of drug-likeness (QED) is 0.766. The molecular weight excluding hydrogens is 359 g/mol. The Morgan fingerprint density at radius 1 is 1.10 bits per heavy atom. The summed E-state index contributed by atoms with van der Waals surface area (Å²) in [5, 5.41) is 1.00. The fraction of sp³-hybridized carbons (Fsp3) is 0.200. The summed E-state index contributed by atoms with van der Waals surface area (Å²) in [6, 6.07) is 11.9. The van der Waals surface area contributed by atoms with Gasteiger partial charge in [0.15, 0.2) is 0 Å². The lowest BCUT2D eigenvalue weighted by atomic mass is 10.1. The topological polar surface area (TPSA) is 29.3 Å². The van der Waals surface area contributed by atoms with E-state index in [0.29, 0.717) is 15.7 Å². The predicted molar refractivity (Wildman–Crippen MR) is 90.2 cm³/mol. The first-order valence-electron chi connectivity index (χ1n) is 6.12. The van der Waals surface area contributed by atoms with Crippen LogP contribution < -0.4 is 5.73 Å². The molecule has 5 heteroatoms. The van der Waals surface area contributed by atoms with Crippen LogP contribution >= 0.6 is 39.1 Å². The Bertz CT molecular complexity index is 594. The van der Waals surface area contributed by atoms with E-state index >= 15 is 0 Å². The molecule has 2 N–H and O–H groups in total. The lowest BCUT2D eigenvalue weighted by Gasteiger charge is -2.18. The number of nitrogen functional groups attached to an aromatic ring is 1. The van der Waals surface area contributed by atoms with Crippen molar-refractivity contribution in [3.05, 3.63) is 62.0 Å². The number of benzene rings is 2. The first-order chi connectivity index (χ1) is 9.47. The second kappa shape index (κ2) is 6.81. The molecule has 2 aromatic rings. The fourth-order valence-electron chi connectivity index (χ4n) is 2.01. The number of hydrogen-bond acceptors (Lipinski definition) is 2. The average molecular weight is 374 g/mol. The number of rotatable bonds is 4. The number of anilines is 1. The summed E-state index contributed by atoms with van der Waals surface area (Å²) in [4.78, 5) is 2.19. The number of nitrogens with zero attached hydrogens (tertiary/aromatic N) is 1. The molecule has 0 unspecified atom stereocenters. The van der Waals surface area contributed by atoms with E-state index < -0.39 is 0 Å². The van der Waals surface area contributed by atoms with Gasteiger partial charge in [-0.2, -0.15) is 0 Å². The highest BCUT2D eigenvalue weighted by Gasteiger charge is 2.08. The van der Waals surface area contributed by atoms with Gasteiger partial charge in [-0.15, -0.1) is 0 Å². The maximum absolute atomic E-state index is 6.05. The predicted octanol–water partition coefficient (Wildman–Crippen LogP) is 4.97. The van der Waals surface area contributed by atoms with Crippen molar-refractivity contribution in [2.24, 2.45) is 0 Å². The Morgan fingerprint density at radius 3 is 2.30 bits per heavy atom. The average Bonchev–Trinajstić information content (AvgIpc) is 2.38. The second-order valence-electron chi connectivity index (χ2n) is 4.74. The van der Waals surface area contributed by atoms with E-state index in [4.69, 9.17) is 28.9 Å². The molecule has 0 spiro atoms. The molecule has 2 aromatic carbocycles. The number of hydrogen-bond donors (Lipinski definition) is 1. The maximum atomic E-state index is 6.05. The van der Waals surface area contributed by atoms with Gasteiger partial charge in [0.05, 0.1) is 15.7 Å². The Hall–Kier alpha value is -0.740. The van der Waals surface area contributed by atoms with Crippen molar-refractivity contribution in [2.45, 2.75) is 13.1 Å². The molecule has 0 aliphatic rings. The zero-order chi connectivity index (χ0) is 14.7. The van der Waals surface area contributed by atoms with Gasteiger partial charge in [-0.25, -0.2) is 0 Å². The Balaban J connectivity index is 2.09. The molecule has 0 aliphatic carbocycles. The van der Waals surface area contributed by atoms with Crippen LogP contribution in [0.15, 0.2) is 40.9 Å². The largest absolute Gasteiger partial charge is 0.396 e. The van der Waals surface area contributed by atoms with Gasteiger partial charge >= 0.3 is 0 Å². The molecular formula is C15H15BrCl2N2. The van der Waals surface area contributed by atoms with Crippen LogP contribution in [0.4, 0.5) is 5.69 Å². The molecule has 0 saturated heterocycles. The van der Waals surface area contributed by atoms with E-state index in [1.807, 2.05) is 30.3 Å². The highest BCUT2D eigenvalue weighted by Crippen LogP contribution is 2.29. The molecule has 106 valence electrons. The number of nitrogens with two attached hydrogens (primary N) is 1. The van der Waals surface area contributed by atoms with E-state index in [-0.39, 0.29) is 0 Å². The van der Waals surface area contributed by atoms with Crippen molar-refractivity contribution in [2.75, 3.05) is 12.8 Å². The molecule has 0 saturated carbocycles. The molecule has 2 rings (SSSR count). The molecule has 0 heterocycles. The highest BCUT2D eigenvalue weighted by molar-refractivity contribution is 9.10. The summed E-state index contributed by atoms with van der Waals surface area (Å²) in [5.74, 6) is 0.